The molecule has 0 saturated heterocycles. The van der Waals surface area contributed by atoms with Gasteiger partial charge in [-0.05, 0) is 37.7 Å². The molecule has 0 aromatic carbocycles. The van der Waals surface area contributed by atoms with Gasteiger partial charge >= 0.3 is 0 Å². The number of rotatable bonds is 2. The average molecular weight is 278 g/mol. The van der Waals surface area contributed by atoms with Crippen molar-refractivity contribution in [3.63, 3.8) is 0 Å². The molecule has 0 radical (unpaired) electrons. The van der Waals surface area contributed by atoms with E-state index in [2.05, 4.69) is 11.9 Å². The van der Waals surface area contributed by atoms with Crippen LogP contribution in [0.1, 0.15) is 36.8 Å². The topological polar surface area (TPSA) is 55.1 Å². The van der Waals surface area contributed by atoms with E-state index in [-0.39, 0.29) is 18.2 Å². The molecule has 2 unspecified atom stereocenters. The molecule has 1 aliphatic rings. The second kappa shape index (κ2) is 4.72. The zero-order chi connectivity index (χ0) is 13.6. The van der Waals surface area contributed by atoms with Crippen molar-refractivity contribution >= 4 is 21.6 Å². The lowest BCUT2D eigenvalue weighted by molar-refractivity contribution is 0.236. The first kappa shape index (κ1) is 12.8. The van der Waals surface area contributed by atoms with Crippen molar-refractivity contribution in [1.82, 2.24) is 9.55 Å². The predicted octanol–water partition coefficient (Wildman–Crippen LogP) is 2.14. The number of hydrogen-bond acceptors (Lipinski definition) is 4. The van der Waals surface area contributed by atoms with E-state index in [1.165, 1.54) is 10.4 Å². The summed E-state index contributed by atoms with van der Waals surface area (Å²) in [6.45, 7) is 4.04. The summed E-state index contributed by atoms with van der Waals surface area (Å²) in [6, 6.07) is -0.220. The molecule has 4 nitrogen and oxygen atoms in total. The van der Waals surface area contributed by atoms with Gasteiger partial charge in [0.05, 0.1) is 24.4 Å². The summed E-state index contributed by atoms with van der Waals surface area (Å²) >= 11 is 1.66. The fourth-order valence-corrected chi connectivity index (χ4v) is 4.09. The first-order valence-electron chi connectivity index (χ1n) is 6.74. The lowest BCUT2D eigenvalue weighted by atomic mass is 9.89. The van der Waals surface area contributed by atoms with Gasteiger partial charge in [0.25, 0.3) is 5.56 Å². The first-order valence-corrected chi connectivity index (χ1v) is 7.55. The van der Waals surface area contributed by atoms with Crippen molar-refractivity contribution in [3.8, 4) is 0 Å². The van der Waals surface area contributed by atoms with Gasteiger partial charge in [0.1, 0.15) is 4.83 Å². The summed E-state index contributed by atoms with van der Waals surface area (Å²) in [4.78, 5) is 19.2. The van der Waals surface area contributed by atoms with Crippen LogP contribution in [0.5, 0.6) is 0 Å². The minimum atomic E-state index is -0.220. The number of thiophene rings is 1. The van der Waals surface area contributed by atoms with E-state index >= 15 is 0 Å². The van der Waals surface area contributed by atoms with Gasteiger partial charge in [-0.3, -0.25) is 9.36 Å². The normalized spacial score (nSPS) is 20.5. The van der Waals surface area contributed by atoms with Crippen LogP contribution in [0.15, 0.2) is 11.1 Å². The van der Waals surface area contributed by atoms with Crippen molar-refractivity contribution in [2.45, 2.75) is 39.2 Å². The van der Waals surface area contributed by atoms with Crippen molar-refractivity contribution in [1.29, 1.82) is 0 Å². The molecular weight excluding hydrogens is 260 g/mol. The van der Waals surface area contributed by atoms with Gasteiger partial charge in [-0.25, -0.2) is 4.98 Å². The molecule has 0 saturated carbocycles. The van der Waals surface area contributed by atoms with Gasteiger partial charge in [0.2, 0.25) is 0 Å². The minimum absolute atomic E-state index is 0.00129. The van der Waals surface area contributed by atoms with Crippen molar-refractivity contribution in [3.05, 3.63) is 27.1 Å². The van der Waals surface area contributed by atoms with Crippen LogP contribution in [0.3, 0.4) is 0 Å². The number of fused-ring (bicyclic) bond motifs is 3. The molecule has 0 aliphatic heterocycles. The second-order valence-electron chi connectivity index (χ2n) is 5.52. The third kappa shape index (κ3) is 2.01. The van der Waals surface area contributed by atoms with E-state index in [4.69, 9.17) is 0 Å². The summed E-state index contributed by atoms with van der Waals surface area (Å²) in [7, 11) is 0. The van der Waals surface area contributed by atoms with Gasteiger partial charge < -0.3 is 5.11 Å². The highest BCUT2D eigenvalue weighted by Gasteiger charge is 2.23. The van der Waals surface area contributed by atoms with E-state index in [1.54, 1.807) is 22.2 Å². The Morgan fingerprint density at radius 2 is 2.42 bits per heavy atom. The van der Waals surface area contributed by atoms with Gasteiger partial charge in [-0.1, -0.05) is 6.92 Å². The van der Waals surface area contributed by atoms with Crippen molar-refractivity contribution < 1.29 is 5.11 Å². The van der Waals surface area contributed by atoms with Gasteiger partial charge in [0.15, 0.2) is 0 Å². The first-order chi connectivity index (χ1) is 9.11. The van der Waals surface area contributed by atoms with E-state index < -0.39 is 0 Å². The Morgan fingerprint density at radius 1 is 1.63 bits per heavy atom. The number of aliphatic hydroxyl groups is 1. The molecule has 0 spiro atoms. The lowest BCUT2D eigenvalue weighted by Crippen LogP contribution is -2.26. The fourth-order valence-electron chi connectivity index (χ4n) is 2.75. The zero-order valence-corrected chi connectivity index (χ0v) is 12.0. The Labute approximate surface area is 115 Å². The van der Waals surface area contributed by atoms with E-state index in [0.717, 1.165) is 29.5 Å². The third-order valence-corrected chi connectivity index (χ3v) is 5.14. The molecule has 0 bridgehead atoms. The second-order valence-corrected chi connectivity index (χ2v) is 6.60. The van der Waals surface area contributed by atoms with Crippen LogP contribution in [0.2, 0.25) is 0 Å². The molecule has 2 aromatic rings. The molecule has 0 fully saturated rings. The summed E-state index contributed by atoms with van der Waals surface area (Å²) in [5.74, 6) is 0.694. The molecule has 1 N–H and O–H groups in total. The van der Waals surface area contributed by atoms with Crippen LogP contribution in [-0.2, 0) is 12.8 Å². The molecular formula is C14H18N2O2S. The molecule has 2 atom stereocenters. The number of hydrogen-bond donors (Lipinski definition) is 1. The number of aliphatic hydroxyl groups excluding tert-OH is 1. The predicted molar refractivity (Wildman–Crippen MR) is 76.9 cm³/mol. The summed E-state index contributed by atoms with van der Waals surface area (Å²) < 4.78 is 1.55. The molecule has 1 aliphatic carbocycles. The Morgan fingerprint density at radius 3 is 3.16 bits per heavy atom. The molecule has 102 valence electrons. The Bertz CT molecular complexity index is 674. The van der Waals surface area contributed by atoms with Crippen LogP contribution in [0, 0.1) is 5.92 Å². The molecule has 3 rings (SSSR count). The smallest absolute Gasteiger partial charge is 0.262 e. The standard InChI is InChI=1S/C14H18N2O2S/c1-8-3-4-10-11(5-8)19-13-12(10)14(18)16(7-15-13)9(2)6-17/h7-9,17H,3-6H2,1-2H3. The van der Waals surface area contributed by atoms with Crippen LogP contribution < -0.4 is 5.56 Å². The minimum Gasteiger partial charge on any atom is -0.394 e. The number of nitrogens with zero attached hydrogens (tertiary/aromatic N) is 2. The Kier molecular flexibility index (Phi) is 3.19. The van der Waals surface area contributed by atoms with Crippen LogP contribution in [0.4, 0.5) is 0 Å². The van der Waals surface area contributed by atoms with E-state index in [1.807, 2.05) is 6.92 Å². The number of aryl methyl sites for hydroxylation is 1. The number of aromatic nitrogens is 2. The lowest BCUT2D eigenvalue weighted by Gasteiger charge is -2.17. The van der Waals surface area contributed by atoms with Crippen LogP contribution in [0.25, 0.3) is 10.2 Å². The van der Waals surface area contributed by atoms with Crippen molar-refractivity contribution in [2.75, 3.05) is 6.61 Å². The third-order valence-electron chi connectivity index (χ3n) is 3.98. The molecule has 0 amide bonds. The highest BCUT2D eigenvalue weighted by Crippen LogP contribution is 2.35. The summed E-state index contributed by atoms with van der Waals surface area (Å²) in [5.41, 5.74) is 1.20. The fraction of sp³-hybridized carbons (Fsp3) is 0.571. The summed E-state index contributed by atoms with van der Waals surface area (Å²) in [6.07, 6.45) is 4.75. The Hall–Kier alpha value is -1.20. The molecule has 2 aromatic heterocycles. The largest absolute Gasteiger partial charge is 0.394 e. The SMILES string of the molecule is CC1CCc2c(sc3ncn(C(C)CO)c(=O)c23)C1. The van der Waals surface area contributed by atoms with Crippen molar-refractivity contribution in [2.24, 2.45) is 5.92 Å². The molecule has 2 heterocycles. The molecule has 5 heteroatoms. The van der Waals surface area contributed by atoms with Crippen LogP contribution >= 0.6 is 11.3 Å². The van der Waals surface area contributed by atoms with Crippen LogP contribution in [-0.4, -0.2) is 21.3 Å². The average Bonchev–Trinajstić information content (AvgIpc) is 2.76. The van der Waals surface area contributed by atoms with Gasteiger partial charge in [-0.2, -0.15) is 0 Å². The van der Waals surface area contributed by atoms with E-state index in [9.17, 15) is 9.90 Å². The zero-order valence-electron chi connectivity index (χ0n) is 11.2. The quantitative estimate of drug-likeness (QED) is 0.915. The highest BCUT2D eigenvalue weighted by atomic mass is 32.1. The maximum atomic E-state index is 12.6. The van der Waals surface area contributed by atoms with Gasteiger partial charge in [0, 0.05) is 4.88 Å². The maximum absolute atomic E-state index is 12.6. The molecule has 19 heavy (non-hydrogen) atoms. The summed E-state index contributed by atoms with van der Waals surface area (Å²) in [5, 5.41) is 10.0. The van der Waals surface area contributed by atoms with Gasteiger partial charge in [-0.15, -0.1) is 11.3 Å². The highest BCUT2D eigenvalue weighted by molar-refractivity contribution is 7.18. The Balaban J connectivity index is 2.23. The maximum Gasteiger partial charge on any atom is 0.262 e. The monoisotopic (exact) mass is 278 g/mol. The van der Waals surface area contributed by atoms with E-state index in [0.29, 0.717) is 5.92 Å².